The number of hydrogen-bond donors (Lipinski definition) is 2. The van der Waals surface area contributed by atoms with Crippen LogP contribution in [-0.4, -0.2) is 27.4 Å². The molecule has 1 aromatic heterocycles. The molecule has 1 atom stereocenters. The summed E-state index contributed by atoms with van der Waals surface area (Å²) in [7, 11) is 0. The third-order valence-electron chi connectivity index (χ3n) is 3.93. The summed E-state index contributed by atoms with van der Waals surface area (Å²) in [6.07, 6.45) is 0. The average molecular weight is 339 g/mol. The molecule has 0 spiro atoms. The third-order valence-corrected chi connectivity index (χ3v) is 3.93. The van der Waals surface area contributed by atoms with Crippen LogP contribution in [0, 0.1) is 5.82 Å². The summed E-state index contributed by atoms with van der Waals surface area (Å²) in [5.74, 6) is -0.501. The van der Waals surface area contributed by atoms with Crippen LogP contribution >= 0.6 is 0 Å². The van der Waals surface area contributed by atoms with Crippen molar-refractivity contribution in [2.45, 2.75) is 12.8 Å². The van der Waals surface area contributed by atoms with Gasteiger partial charge in [0.15, 0.2) is 11.5 Å². The van der Waals surface area contributed by atoms with E-state index in [4.69, 9.17) is 5.73 Å². The monoisotopic (exact) mass is 339 g/mol. The van der Waals surface area contributed by atoms with Crippen LogP contribution in [0.2, 0.25) is 0 Å². The van der Waals surface area contributed by atoms with Crippen molar-refractivity contribution in [3.63, 3.8) is 0 Å². The highest BCUT2D eigenvalue weighted by atomic mass is 19.1. The van der Waals surface area contributed by atoms with Crippen molar-refractivity contribution >= 4 is 11.7 Å². The first-order valence-electron chi connectivity index (χ1n) is 7.86. The van der Waals surface area contributed by atoms with Gasteiger partial charge in [-0.1, -0.05) is 42.5 Å². The summed E-state index contributed by atoms with van der Waals surface area (Å²) in [6.45, 7) is 2.47. The standard InChI is InChI=1S/C18H18FN5O/c1-12(13-5-3-2-4-6-13)11-21-18(25)16-17(20)24(23-22-16)15-9-7-14(19)8-10-15/h2-10,12H,11,20H2,1H3,(H,21,25)/t12-/m1/s1. The Labute approximate surface area is 144 Å². The van der Waals surface area contributed by atoms with Gasteiger partial charge >= 0.3 is 0 Å². The molecule has 3 N–H and O–H groups in total. The SMILES string of the molecule is C[C@H](CNC(=O)c1nnn(-c2ccc(F)cc2)c1N)c1ccccc1. The minimum atomic E-state index is -0.395. The quantitative estimate of drug-likeness (QED) is 0.748. The maximum Gasteiger partial charge on any atom is 0.275 e. The maximum atomic E-state index is 13.0. The third kappa shape index (κ3) is 3.65. The van der Waals surface area contributed by atoms with E-state index < -0.39 is 5.91 Å². The Morgan fingerprint density at radius 3 is 2.56 bits per heavy atom. The summed E-state index contributed by atoms with van der Waals surface area (Å²) < 4.78 is 14.3. The van der Waals surface area contributed by atoms with Crippen molar-refractivity contribution in [2.24, 2.45) is 0 Å². The molecule has 128 valence electrons. The molecule has 0 aliphatic carbocycles. The van der Waals surface area contributed by atoms with Crippen molar-refractivity contribution in [1.29, 1.82) is 0 Å². The fourth-order valence-electron chi connectivity index (χ4n) is 2.45. The average Bonchev–Trinajstić information content (AvgIpc) is 3.02. The van der Waals surface area contributed by atoms with Gasteiger partial charge in [-0.2, -0.15) is 4.68 Å². The van der Waals surface area contributed by atoms with E-state index in [-0.39, 0.29) is 23.2 Å². The first kappa shape index (κ1) is 16.6. The van der Waals surface area contributed by atoms with Crippen LogP contribution in [0.5, 0.6) is 0 Å². The Hall–Kier alpha value is -3.22. The number of benzene rings is 2. The van der Waals surface area contributed by atoms with Gasteiger partial charge in [0.25, 0.3) is 5.91 Å². The van der Waals surface area contributed by atoms with E-state index in [2.05, 4.69) is 15.6 Å². The lowest BCUT2D eigenvalue weighted by molar-refractivity contribution is 0.0947. The summed E-state index contributed by atoms with van der Waals surface area (Å²) >= 11 is 0. The van der Waals surface area contributed by atoms with Crippen LogP contribution in [-0.2, 0) is 0 Å². The minimum absolute atomic E-state index is 0.0459. The second-order valence-corrected chi connectivity index (χ2v) is 5.73. The van der Waals surface area contributed by atoms with E-state index in [0.717, 1.165) is 5.56 Å². The number of carbonyl (C=O) groups excluding carboxylic acids is 1. The number of nitrogens with zero attached hydrogens (tertiary/aromatic N) is 3. The molecule has 3 aromatic rings. The van der Waals surface area contributed by atoms with Crippen molar-refractivity contribution < 1.29 is 9.18 Å². The Kier molecular flexibility index (Phi) is 4.74. The van der Waals surface area contributed by atoms with Crippen molar-refractivity contribution in [1.82, 2.24) is 20.3 Å². The van der Waals surface area contributed by atoms with Crippen molar-refractivity contribution in [2.75, 3.05) is 12.3 Å². The number of aromatic nitrogens is 3. The van der Waals surface area contributed by atoms with E-state index in [0.29, 0.717) is 12.2 Å². The second-order valence-electron chi connectivity index (χ2n) is 5.73. The molecule has 0 saturated heterocycles. The zero-order valence-electron chi connectivity index (χ0n) is 13.7. The number of amides is 1. The molecule has 0 radical (unpaired) electrons. The molecule has 25 heavy (non-hydrogen) atoms. The van der Waals surface area contributed by atoms with Gasteiger partial charge < -0.3 is 11.1 Å². The molecule has 0 saturated carbocycles. The minimum Gasteiger partial charge on any atom is -0.382 e. The number of hydrogen-bond acceptors (Lipinski definition) is 4. The molecule has 0 bridgehead atoms. The summed E-state index contributed by atoms with van der Waals surface area (Å²) in [5, 5.41) is 10.5. The molecule has 6 nitrogen and oxygen atoms in total. The number of nitrogens with one attached hydrogen (secondary N) is 1. The number of nitrogens with two attached hydrogens (primary N) is 1. The molecular formula is C18H18FN5O. The summed E-state index contributed by atoms with van der Waals surface area (Å²) in [4.78, 5) is 12.3. The highest BCUT2D eigenvalue weighted by molar-refractivity contribution is 5.96. The van der Waals surface area contributed by atoms with Crippen LogP contribution in [0.4, 0.5) is 10.2 Å². The lowest BCUT2D eigenvalue weighted by atomic mass is 10.0. The number of halogens is 1. The first-order chi connectivity index (χ1) is 12.1. The molecule has 0 aliphatic rings. The van der Waals surface area contributed by atoms with Gasteiger partial charge in [-0.25, -0.2) is 4.39 Å². The lowest BCUT2D eigenvalue weighted by Gasteiger charge is -2.12. The largest absolute Gasteiger partial charge is 0.382 e. The fourth-order valence-corrected chi connectivity index (χ4v) is 2.45. The maximum absolute atomic E-state index is 13.0. The zero-order chi connectivity index (χ0) is 17.8. The predicted molar refractivity (Wildman–Crippen MR) is 92.9 cm³/mol. The van der Waals surface area contributed by atoms with Crippen LogP contribution in [0.1, 0.15) is 28.9 Å². The summed E-state index contributed by atoms with van der Waals surface area (Å²) in [6, 6.07) is 15.5. The van der Waals surface area contributed by atoms with Crippen molar-refractivity contribution in [3.05, 3.63) is 71.7 Å². The van der Waals surface area contributed by atoms with E-state index in [1.807, 2.05) is 37.3 Å². The Morgan fingerprint density at radius 1 is 1.20 bits per heavy atom. The molecule has 0 fully saturated rings. The van der Waals surface area contributed by atoms with E-state index in [1.54, 1.807) is 0 Å². The molecule has 1 amide bonds. The molecule has 1 heterocycles. The molecule has 2 aromatic carbocycles. The Morgan fingerprint density at radius 2 is 1.88 bits per heavy atom. The van der Waals surface area contributed by atoms with E-state index in [1.165, 1.54) is 28.9 Å². The van der Waals surface area contributed by atoms with Crippen LogP contribution < -0.4 is 11.1 Å². The lowest BCUT2D eigenvalue weighted by Crippen LogP contribution is -2.28. The number of carbonyl (C=O) groups is 1. The summed E-state index contributed by atoms with van der Waals surface area (Å²) in [5.41, 5.74) is 7.68. The Balaban J connectivity index is 1.70. The number of anilines is 1. The fraction of sp³-hybridized carbons (Fsp3) is 0.167. The highest BCUT2D eigenvalue weighted by Gasteiger charge is 2.19. The van der Waals surface area contributed by atoms with Gasteiger partial charge in [-0.3, -0.25) is 4.79 Å². The predicted octanol–water partition coefficient (Wildman–Crippen LogP) is 2.52. The van der Waals surface area contributed by atoms with E-state index in [9.17, 15) is 9.18 Å². The normalized spacial score (nSPS) is 11.9. The number of nitrogen functional groups attached to an aromatic ring is 1. The topological polar surface area (TPSA) is 85.8 Å². The molecule has 0 aliphatic heterocycles. The highest BCUT2D eigenvalue weighted by Crippen LogP contribution is 2.16. The first-order valence-corrected chi connectivity index (χ1v) is 7.86. The van der Waals surface area contributed by atoms with Gasteiger partial charge in [0.2, 0.25) is 0 Å². The zero-order valence-corrected chi connectivity index (χ0v) is 13.7. The van der Waals surface area contributed by atoms with Crippen LogP contribution in [0.25, 0.3) is 5.69 Å². The van der Waals surface area contributed by atoms with Crippen molar-refractivity contribution in [3.8, 4) is 5.69 Å². The van der Waals surface area contributed by atoms with Gasteiger partial charge in [-0.15, -0.1) is 5.10 Å². The smallest absolute Gasteiger partial charge is 0.275 e. The Bertz CT molecular complexity index is 861. The van der Waals surface area contributed by atoms with Crippen LogP contribution in [0.15, 0.2) is 54.6 Å². The van der Waals surface area contributed by atoms with Gasteiger partial charge in [0, 0.05) is 6.54 Å². The van der Waals surface area contributed by atoms with Gasteiger partial charge in [0.05, 0.1) is 5.69 Å². The van der Waals surface area contributed by atoms with E-state index >= 15 is 0 Å². The molecule has 0 unspecified atom stereocenters. The van der Waals surface area contributed by atoms with Gasteiger partial charge in [0.1, 0.15) is 5.82 Å². The second kappa shape index (κ2) is 7.12. The number of rotatable bonds is 5. The van der Waals surface area contributed by atoms with Gasteiger partial charge in [-0.05, 0) is 35.7 Å². The molecule has 7 heteroatoms. The molecule has 3 rings (SSSR count). The van der Waals surface area contributed by atoms with Crippen LogP contribution in [0.3, 0.4) is 0 Å². The molecular weight excluding hydrogens is 321 g/mol.